The zero-order valence-corrected chi connectivity index (χ0v) is 14.3. The van der Waals surface area contributed by atoms with Gasteiger partial charge in [0.2, 0.25) is 0 Å². The first-order valence-corrected chi connectivity index (χ1v) is 8.41. The van der Waals surface area contributed by atoms with Crippen molar-refractivity contribution in [2.45, 2.75) is 18.9 Å². The summed E-state index contributed by atoms with van der Waals surface area (Å²) < 4.78 is 11.1. The number of rotatable bonds is 5. The van der Waals surface area contributed by atoms with Crippen molar-refractivity contribution in [1.29, 1.82) is 5.26 Å². The number of benzene rings is 1. The van der Waals surface area contributed by atoms with Crippen molar-refractivity contribution in [3.8, 4) is 17.4 Å². The van der Waals surface area contributed by atoms with E-state index in [9.17, 15) is 10.1 Å². The third-order valence-electron chi connectivity index (χ3n) is 3.93. The fourth-order valence-corrected chi connectivity index (χ4v) is 2.86. The summed E-state index contributed by atoms with van der Waals surface area (Å²) in [6.07, 6.45) is 3.37. The molecular weight excluding hydrogens is 340 g/mol. The number of carbonyl (C=O) groups is 1. The minimum atomic E-state index is -0.436. The van der Waals surface area contributed by atoms with Crippen LogP contribution >= 0.6 is 11.6 Å². The number of hydrogen-bond acceptors (Lipinski definition) is 4. The van der Waals surface area contributed by atoms with Crippen LogP contribution in [0.25, 0.3) is 17.4 Å². The molecule has 1 aromatic heterocycles. The van der Waals surface area contributed by atoms with Crippen LogP contribution in [0.3, 0.4) is 0 Å². The van der Waals surface area contributed by atoms with Gasteiger partial charge in [0.15, 0.2) is 0 Å². The lowest BCUT2D eigenvalue weighted by molar-refractivity contribution is -0.117. The van der Waals surface area contributed by atoms with E-state index in [2.05, 4.69) is 5.32 Å². The van der Waals surface area contributed by atoms with E-state index in [1.54, 1.807) is 18.2 Å². The molecule has 6 heteroatoms. The van der Waals surface area contributed by atoms with E-state index in [-0.39, 0.29) is 11.7 Å². The Labute approximate surface area is 150 Å². The Morgan fingerprint density at radius 3 is 2.92 bits per heavy atom. The zero-order chi connectivity index (χ0) is 17.6. The second-order valence-corrected chi connectivity index (χ2v) is 6.10. The summed E-state index contributed by atoms with van der Waals surface area (Å²) in [6, 6.07) is 12.7. The zero-order valence-electron chi connectivity index (χ0n) is 13.5. The average molecular weight is 357 g/mol. The summed E-state index contributed by atoms with van der Waals surface area (Å²) in [7, 11) is 0. The molecule has 0 saturated carbocycles. The van der Waals surface area contributed by atoms with Gasteiger partial charge in [0.25, 0.3) is 5.91 Å². The largest absolute Gasteiger partial charge is 0.457 e. The molecule has 25 heavy (non-hydrogen) atoms. The third-order valence-corrected chi connectivity index (χ3v) is 4.26. The lowest BCUT2D eigenvalue weighted by Crippen LogP contribution is -2.32. The minimum absolute atomic E-state index is 0.0157. The maximum absolute atomic E-state index is 12.1. The Hall–Kier alpha value is -2.55. The molecule has 1 fully saturated rings. The normalized spacial score (nSPS) is 17.3. The molecule has 0 unspecified atom stereocenters. The minimum Gasteiger partial charge on any atom is -0.457 e. The highest BCUT2D eigenvalue weighted by molar-refractivity contribution is 6.33. The average Bonchev–Trinajstić information content (AvgIpc) is 3.30. The molecule has 1 saturated heterocycles. The first-order valence-electron chi connectivity index (χ1n) is 8.03. The highest BCUT2D eigenvalue weighted by atomic mass is 35.5. The topological polar surface area (TPSA) is 75.3 Å². The molecule has 1 aliphatic rings. The fourth-order valence-electron chi connectivity index (χ4n) is 2.63. The molecule has 0 spiro atoms. The van der Waals surface area contributed by atoms with Gasteiger partial charge < -0.3 is 14.5 Å². The van der Waals surface area contributed by atoms with Gasteiger partial charge in [-0.2, -0.15) is 5.26 Å². The van der Waals surface area contributed by atoms with Crippen molar-refractivity contribution in [1.82, 2.24) is 5.32 Å². The summed E-state index contributed by atoms with van der Waals surface area (Å²) in [5.74, 6) is 0.557. The Morgan fingerprint density at radius 1 is 1.36 bits per heavy atom. The van der Waals surface area contributed by atoms with Crippen LogP contribution in [0.15, 0.2) is 46.4 Å². The molecule has 0 radical (unpaired) electrons. The molecule has 1 aliphatic heterocycles. The lowest BCUT2D eigenvalue weighted by Gasteiger charge is -2.09. The Bertz CT molecular complexity index is 829. The van der Waals surface area contributed by atoms with Crippen LogP contribution in [0.5, 0.6) is 0 Å². The third kappa shape index (κ3) is 4.30. The summed E-state index contributed by atoms with van der Waals surface area (Å²) >= 11 is 6.15. The molecule has 1 atom stereocenters. The Kier molecular flexibility index (Phi) is 5.54. The van der Waals surface area contributed by atoms with E-state index in [1.807, 2.05) is 24.3 Å². The number of nitriles is 1. The van der Waals surface area contributed by atoms with E-state index in [1.165, 1.54) is 6.08 Å². The van der Waals surface area contributed by atoms with Gasteiger partial charge in [-0.15, -0.1) is 0 Å². The predicted molar refractivity (Wildman–Crippen MR) is 94.7 cm³/mol. The number of nitrogens with zero attached hydrogens (tertiary/aromatic N) is 1. The number of hydrogen-bond donors (Lipinski definition) is 1. The molecule has 2 heterocycles. The van der Waals surface area contributed by atoms with Gasteiger partial charge in [0.1, 0.15) is 23.2 Å². The van der Waals surface area contributed by atoms with Crippen molar-refractivity contribution in [2.75, 3.05) is 13.2 Å². The molecule has 1 amide bonds. The number of halogens is 1. The molecule has 0 bridgehead atoms. The van der Waals surface area contributed by atoms with Crippen LogP contribution in [-0.4, -0.2) is 25.2 Å². The van der Waals surface area contributed by atoms with E-state index < -0.39 is 5.91 Å². The fraction of sp³-hybridized carbons (Fsp3) is 0.263. The Morgan fingerprint density at radius 2 is 2.20 bits per heavy atom. The van der Waals surface area contributed by atoms with Crippen molar-refractivity contribution >= 4 is 23.6 Å². The monoisotopic (exact) mass is 356 g/mol. The van der Waals surface area contributed by atoms with Crippen molar-refractivity contribution in [3.63, 3.8) is 0 Å². The first-order chi connectivity index (χ1) is 12.2. The van der Waals surface area contributed by atoms with Crippen LogP contribution in [0.1, 0.15) is 18.6 Å². The van der Waals surface area contributed by atoms with Gasteiger partial charge in [0.05, 0.1) is 11.1 Å². The molecule has 0 aliphatic carbocycles. The van der Waals surface area contributed by atoms with Crippen LogP contribution in [0, 0.1) is 11.3 Å². The van der Waals surface area contributed by atoms with E-state index in [0.717, 1.165) is 25.0 Å². The van der Waals surface area contributed by atoms with Gasteiger partial charge in [-0.3, -0.25) is 4.79 Å². The summed E-state index contributed by atoms with van der Waals surface area (Å²) in [5, 5.41) is 12.5. The SMILES string of the molecule is N#C/C(=C/c1ccc(-c2ccccc2Cl)o1)C(=O)NC[C@H]1CCCO1. The van der Waals surface area contributed by atoms with Gasteiger partial charge in [-0.25, -0.2) is 0 Å². The lowest BCUT2D eigenvalue weighted by atomic mass is 10.2. The molecule has 5 nitrogen and oxygen atoms in total. The number of amides is 1. The molecule has 2 aromatic rings. The molecule has 1 N–H and O–H groups in total. The second-order valence-electron chi connectivity index (χ2n) is 5.70. The summed E-state index contributed by atoms with van der Waals surface area (Å²) in [5.41, 5.74) is 0.739. The van der Waals surface area contributed by atoms with E-state index >= 15 is 0 Å². The van der Waals surface area contributed by atoms with Crippen molar-refractivity contribution in [2.24, 2.45) is 0 Å². The smallest absolute Gasteiger partial charge is 0.262 e. The standard InChI is InChI=1S/C19H17ClN2O3/c20-17-6-2-1-5-16(17)18-8-7-14(25-18)10-13(11-21)19(23)22-12-15-4-3-9-24-15/h1-2,5-8,10,15H,3-4,9,12H2,(H,22,23)/b13-10-/t15-/m1/s1. The van der Waals surface area contributed by atoms with Crippen LogP contribution in [-0.2, 0) is 9.53 Å². The first kappa shape index (κ1) is 17.3. The predicted octanol–water partition coefficient (Wildman–Crippen LogP) is 3.80. The van der Waals surface area contributed by atoms with Gasteiger partial charge in [-0.05, 0) is 37.1 Å². The molecule has 3 rings (SSSR count). The molecular formula is C19H17ClN2O3. The van der Waals surface area contributed by atoms with E-state index in [0.29, 0.717) is 23.1 Å². The maximum atomic E-state index is 12.1. The van der Waals surface area contributed by atoms with Gasteiger partial charge >= 0.3 is 0 Å². The highest BCUT2D eigenvalue weighted by Gasteiger charge is 2.18. The maximum Gasteiger partial charge on any atom is 0.262 e. The number of furan rings is 1. The number of nitrogens with one attached hydrogen (secondary N) is 1. The van der Waals surface area contributed by atoms with Gasteiger partial charge in [0, 0.05) is 24.8 Å². The van der Waals surface area contributed by atoms with Gasteiger partial charge in [-0.1, -0.05) is 23.7 Å². The quantitative estimate of drug-likeness (QED) is 0.653. The van der Waals surface area contributed by atoms with E-state index in [4.69, 9.17) is 20.8 Å². The Balaban J connectivity index is 1.71. The number of carbonyl (C=O) groups excluding carboxylic acids is 1. The number of ether oxygens (including phenoxy) is 1. The summed E-state index contributed by atoms with van der Waals surface area (Å²) in [4.78, 5) is 12.1. The van der Waals surface area contributed by atoms with Crippen LogP contribution in [0.2, 0.25) is 5.02 Å². The van der Waals surface area contributed by atoms with Crippen molar-refractivity contribution in [3.05, 3.63) is 52.8 Å². The molecule has 1 aromatic carbocycles. The highest BCUT2D eigenvalue weighted by Crippen LogP contribution is 2.29. The van der Waals surface area contributed by atoms with Crippen LogP contribution in [0.4, 0.5) is 0 Å². The summed E-state index contributed by atoms with van der Waals surface area (Å²) in [6.45, 7) is 1.12. The van der Waals surface area contributed by atoms with Crippen molar-refractivity contribution < 1.29 is 13.9 Å². The second kappa shape index (κ2) is 8.02. The molecule has 128 valence electrons. The van der Waals surface area contributed by atoms with Crippen LogP contribution < -0.4 is 5.32 Å².